The third-order valence-corrected chi connectivity index (χ3v) is 1.66. The fraction of sp³-hybridized carbons (Fsp3) is 1.00. The van der Waals surface area contributed by atoms with Gasteiger partial charge in [-0.3, -0.25) is 0 Å². The van der Waals surface area contributed by atoms with Gasteiger partial charge >= 0.3 is 0 Å². The van der Waals surface area contributed by atoms with Gasteiger partial charge in [-0.1, -0.05) is 13.8 Å². The van der Waals surface area contributed by atoms with Gasteiger partial charge in [-0.15, -0.1) is 0 Å². The van der Waals surface area contributed by atoms with E-state index in [0.29, 0.717) is 0 Å². The van der Waals surface area contributed by atoms with Crippen LogP contribution in [0.2, 0.25) is 0 Å². The molecule has 2 atom stereocenters. The van der Waals surface area contributed by atoms with Crippen molar-refractivity contribution in [2.45, 2.75) is 52.5 Å². The SMILES string of the molecule is CC[C@@H]1OC(C)O[C@@H](CC)O1. The van der Waals surface area contributed by atoms with Gasteiger partial charge in [-0.2, -0.15) is 0 Å². The summed E-state index contributed by atoms with van der Waals surface area (Å²) in [6.07, 6.45) is 1.47. The number of hydrogen-bond donors (Lipinski definition) is 0. The topological polar surface area (TPSA) is 27.7 Å². The molecule has 1 heterocycles. The Labute approximate surface area is 67.6 Å². The highest BCUT2D eigenvalue weighted by Gasteiger charge is 2.25. The van der Waals surface area contributed by atoms with Gasteiger partial charge in [0.05, 0.1) is 0 Å². The van der Waals surface area contributed by atoms with Crippen LogP contribution in [0.25, 0.3) is 0 Å². The molecule has 0 unspecified atom stereocenters. The summed E-state index contributed by atoms with van der Waals surface area (Å²) in [4.78, 5) is 0. The third kappa shape index (κ3) is 2.43. The Hall–Kier alpha value is -0.120. The summed E-state index contributed by atoms with van der Waals surface area (Å²) in [5, 5.41) is 0. The fourth-order valence-electron chi connectivity index (χ4n) is 1.08. The van der Waals surface area contributed by atoms with E-state index in [9.17, 15) is 0 Å². The minimum atomic E-state index is -0.126. The van der Waals surface area contributed by atoms with Crippen LogP contribution in [0.1, 0.15) is 33.6 Å². The van der Waals surface area contributed by atoms with Crippen molar-refractivity contribution in [3.63, 3.8) is 0 Å². The standard InChI is InChI=1S/C8H16O3/c1-4-7-9-6(3)10-8(5-2)11-7/h6-8H,4-5H2,1-3H3/t7-,8-/m1/s1. The van der Waals surface area contributed by atoms with Gasteiger partial charge in [0.25, 0.3) is 0 Å². The molecule has 0 radical (unpaired) electrons. The average Bonchev–Trinajstić information content (AvgIpc) is 2.03. The Morgan fingerprint density at radius 3 is 1.73 bits per heavy atom. The van der Waals surface area contributed by atoms with Gasteiger partial charge in [-0.05, 0) is 19.8 Å². The number of ether oxygens (including phenoxy) is 3. The van der Waals surface area contributed by atoms with Gasteiger partial charge < -0.3 is 14.2 Å². The smallest absolute Gasteiger partial charge is 0.163 e. The summed E-state index contributed by atoms with van der Waals surface area (Å²) in [7, 11) is 0. The molecule has 0 bridgehead atoms. The van der Waals surface area contributed by atoms with Crippen LogP contribution in [-0.2, 0) is 14.2 Å². The lowest BCUT2D eigenvalue weighted by Gasteiger charge is -2.33. The lowest BCUT2D eigenvalue weighted by atomic mass is 10.4. The van der Waals surface area contributed by atoms with Crippen LogP contribution in [0.5, 0.6) is 0 Å². The molecular formula is C8H16O3. The van der Waals surface area contributed by atoms with Crippen molar-refractivity contribution in [1.29, 1.82) is 0 Å². The first-order chi connectivity index (χ1) is 5.26. The van der Waals surface area contributed by atoms with E-state index < -0.39 is 0 Å². The Morgan fingerprint density at radius 2 is 1.36 bits per heavy atom. The van der Waals surface area contributed by atoms with E-state index in [4.69, 9.17) is 14.2 Å². The predicted octanol–water partition coefficient (Wildman–Crippen LogP) is 1.87. The molecular weight excluding hydrogens is 144 g/mol. The van der Waals surface area contributed by atoms with Crippen molar-refractivity contribution >= 4 is 0 Å². The summed E-state index contributed by atoms with van der Waals surface area (Å²) in [6.45, 7) is 5.97. The Bertz CT molecular complexity index is 104. The molecule has 66 valence electrons. The zero-order valence-electron chi connectivity index (χ0n) is 7.37. The van der Waals surface area contributed by atoms with E-state index in [-0.39, 0.29) is 18.9 Å². The highest BCUT2D eigenvalue weighted by atomic mass is 16.9. The van der Waals surface area contributed by atoms with Crippen molar-refractivity contribution in [2.75, 3.05) is 0 Å². The number of hydrogen-bond acceptors (Lipinski definition) is 3. The molecule has 0 aromatic rings. The molecule has 1 saturated heterocycles. The molecule has 1 rings (SSSR count). The second-order valence-corrected chi connectivity index (χ2v) is 2.65. The lowest BCUT2D eigenvalue weighted by Crippen LogP contribution is -2.38. The van der Waals surface area contributed by atoms with Gasteiger partial charge in [0.15, 0.2) is 18.9 Å². The summed E-state index contributed by atoms with van der Waals surface area (Å²) >= 11 is 0. The second-order valence-electron chi connectivity index (χ2n) is 2.65. The summed E-state index contributed by atoms with van der Waals surface area (Å²) < 4.78 is 16.1. The Morgan fingerprint density at radius 1 is 0.909 bits per heavy atom. The molecule has 0 saturated carbocycles. The third-order valence-electron chi connectivity index (χ3n) is 1.66. The maximum Gasteiger partial charge on any atom is 0.163 e. The Balaban J connectivity index is 2.37. The molecule has 1 aliphatic rings. The molecule has 3 heteroatoms. The van der Waals surface area contributed by atoms with Crippen LogP contribution < -0.4 is 0 Å². The van der Waals surface area contributed by atoms with Crippen LogP contribution in [0.4, 0.5) is 0 Å². The largest absolute Gasteiger partial charge is 0.324 e. The molecule has 1 aliphatic heterocycles. The van der Waals surface area contributed by atoms with Crippen molar-refractivity contribution in [2.24, 2.45) is 0 Å². The predicted molar refractivity (Wildman–Crippen MR) is 40.9 cm³/mol. The van der Waals surface area contributed by atoms with Crippen LogP contribution >= 0.6 is 0 Å². The van der Waals surface area contributed by atoms with Crippen LogP contribution in [0.15, 0.2) is 0 Å². The van der Waals surface area contributed by atoms with Gasteiger partial charge in [-0.25, -0.2) is 0 Å². The number of rotatable bonds is 2. The quantitative estimate of drug-likeness (QED) is 0.617. The molecule has 0 N–H and O–H groups in total. The zero-order valence-corrected chi connectivity index (χ0v) is 7.37. The monoisotopic (exact) mass is 160 g/mol. The van der Waals surface area contributed by atoms with E-state index in [1.165, 1.54) is 0 Å². The first-order valence-electron chi connectivity index (χ1n) is 4.22. The highest BCUT2D eigenvalue weighted by Crippen LogP contribution is 2.18. The molecule has 0 aromatic carbocycles. The van der Waals surface area contributed by atoms with Crippen LogP contribution in [0, 0.1) is 0 Å². The summed E-state index contributed by atoms with van der Waals surface area (Å²) in [5.74, 6) is 0. The normalized spacial score (nSPS) is 39.0. The van der Waals surface area contributed by atoms with Crippen LogP contribution in [-0.4, -0.2) is 18.9 Å². The molecule has 0 spiro atoms. The van der Waals surface area contributed by atoms with Gasteiger partial charge in [0, 0.05) is 0 Å². The molecule has 11 heavy (non-hydrogen) atoms. The van der Waals surface area contributed by atoms with Crippen LogP contribution in [0.3, 0.4) is 0 Å². The zero-order chi connectivity index (χ0) is 8.27. The average molecular weight is 160 g/mol. The summed E-state index contributed by atoms with van der Waals surface area (Å²) in [6, 6.07) is 0. The van der Waals surface area contributed by atoms with Crippen molar-refractivity contribution in [3.05, 3.63) is 0 Å². The van der Waals surface area contributed by atoms with Crippen molar-refractivity contribution < 1.29 is 14.2 Å². The first kappa shape index (κ1) is 8.97. The minimum absolute atomic E-state index is 0.0799. The molecule has 0 aromatic heterocycles. The van der Waals surface area contributed by atoms with E-state index >= 15 is 0 Å². The minimum Gasteiger partial charge on any atom is -0.324 e. The van der Waals surface area contributed by atoms with Gasteiger partial charge in [0.2, 0.25) is 0 Å². The maximum atomic E-state index is 5.41. The van der Waals surface area contributed by atoms with E-state index in [1.54, 1.807) is 0 Å². The first-order valence-corrected chi connectivity index (χ1v) is 4.22. The maximum absolute atomic E-state index is 5.41. The molecule has 1 fully saturated rings. The van der Waals surface area contributed by atoms with Crippen molar-refractivity contribution in [3.8, 4) is 0 Å². The highest BCUT2D eigenvalue weighted by molar-refractivity contribution is 4.52. The fourth-order valence-corrected chi connectivity index (χ4v) is 1.08. The Kier molecular flexibility index (Phi) is 3.30. The second kappa shape index (κ2) is 4.04. The molecule has 0 amide bonds. The summed E-state index contributed by atoms with van der Waals surface area (Å²) in [5.41, 5.74) is 0. The van der Waals surface area contributed by atoms with Crippen molar-refractivity contribution in [1.82, 2.24) is 0 Å². The van der Waals surface area contributed by atoms with E-state index in [1.807, 2.05) is 20.8 Å². The van der Waals surface area contributed by atoms with E-state index in [2.05, 4.69) is 0 Å². The van der Waals surface area contributed by atoms with E-state index in [0.717, 1.165) is 12.8 Å². The van der Waals surface area contributed by atoms with Gasteiger partial charge in [0.1, 0.15) is 0 Å². The molecule has 3 nitrogen and oxygen atoms in total. The molecule has 0 aliphatic carbocycles. The lowest BCUT2D eigenvalue weighted by molar-refractivity contribution is -0.378.